The van der Waals surface area contributed by atoms with Crippen molar-refractivity contribution in [2.75, 3.05) is 13.1 Å². The Kier molecular flexibility index (Phi) is 3.96. The van der Waals surface area contributed by atoms with Gasteiger partial charge in [0, 0.05) is 31.4 Å². The molecule has 1 fully saturated rings. The molecule has 3 rings (SSSR count). The summed E-state index contributed by atoms with van der Waals surface area (Å²) in [5.74, 6) is 0.521. The molecular weight excluding hydrogens is 284 g/mol. The van der Waals surface area contributed by atoms with Gasteiger partial charge in [-0.05, 0) is 26.7 Å². The minimum absolute atomic E-state index is 0.115. The molecule has 1 aliphatic heterocycles. The lowest BCUT2D eigenvalue weighted by atomic mass is 9.93. The van der Waals surface area contributed by atoms with Crippen LogP contribution in [-0.4, -0.2) is 38.8 Å². The molecule has 1 amide bonds. The lowest BCUT2D eigenvalue weighted by Crippen LogP contribution is -2.38. The van der Waals surface area contributed by atoms with Crippen LogP contribution in [0.1, 0.15) is 45.5 Å². The Morgan fingerprint density at radius 1 is 1.29 bits per heavy atom. The van der Waals surface area contributed by atoms with E-state index in [1.54, 1.807) is 11.7 Å². The Morgan fingerprint density at radius 2 is 2.05 bits per heavy atom. The largest absolute Gasteiger partial charge is 0.338 e. The second-order valence-electron chi connectivity index (χ2n) is 5.42. The Hall–Kier alpha value is -1.82. The first-order chi connectivity index (χ1) is 10.1. The van der Waals surface area contributed by atoms with Gasteiger partial charge in [0.2, 0.25) is 0 Å². The predicted octanol–water partition coefficient (Wildman–Crippen LogP) is 2.57. The zero-order valence-electron chi connectivity index (χ0n) is 12.2. The Bertz CT molecular complexity index is 647. The molecule has 5 nitrogen and oxygen atoms in total. The van der Waals surface area contributed by atoms with Gasteiger partial charge < -0.3 is 4.90 Å². The van der Waals surface area contributed by atoms with E-state index in [0.29, 0.717) is 5.92 Å². The van der Waals surface area contributed by atoms with Crippen molar-refractivity contribution in [3.8, 4) is 0 Å². The maximum atomic E-state index is 12.4. The lowest BCUT2D eigenvalue weighted by Gasteiger charge is -2.31. The third-order valence-electron chi connectivity index (χ3n) is 3.91. The number of nitrogens with zero attached hydrogens (tertiary/aromatic N) is 4. The van der Waals surface area contributed by atoms with Crippen LogP contribution in [0, 0.1) is 13.8 Å². The van der Waals surface area contributed by atoms with Crippen LogP contribution in [0.15, 0.2) is 17.9 Å². The first kappa shape index (κ1) is 14.1. The quantitative estimate of drug-likeness (QED) is 0.855. The number of amides is 1. The summed E-state index contributed by atoms with van der Waals surface area (Å²) in [5.41, 5.74) is 4.57. The maximum Gasteiger partial charge on any atom is 0.265 e. The van der Waals surface area contributed by atoms with Crippen molar-refractivity contribution >= 4 is 17.2 Å². The fourth-order valence-corrected chi connectivity index (χ4v) is 3.48. The third kappa shape index (κ3) is 2.95. The first-order valence-corrected chi connectivity index (χ1v) is 8.01. The van der Waals surface area contributed by atoms with Crippen LogP contribution < -0.4 is 0 Å². The van der Waals surface area contributed by atoms with E-state index in [-0.39, 0.29) is 5.91 Å². The Labute approximate surface area is 128 Å². The summed E-state index contributed by atoms with van der Waals surface area (Å²) in [6.07, 6.45) is 5.51. The highest BCUT2D eigenvalue weighted by atomic mass is 32.1. The molecule has 0 atom stereocenters. The smallest absolute Gasteiger partial charge is 0.265 e. The van der Waals surface area contributed by atoms with Crippen LogP contribution in [0.2, 0.25) is 0 Å². The van der Waals surface area contributed by atoms with Crippen molar-refractivity contribution in [1.82, 2.24) is 19.9 Å². The van der Waals surface area contributed by atoms with Gasteiger partial charge in [0.05, 0.1) is 22.6 Å². The van der Waals surface area contributed by atoms with Crippen molar-refractivity contribution in [3.05, 3.63) is 39.9 Å². The molecule has 21 heavy (non-hydrogen) atoms. The standard InChI is InChI=1S/C15H18N4OS/c1-10-7-16-8-13(18-10)12-3-5-19(6-4-12)15(20)14-11(2)17-9-21-14/h7-9,12H,3-6H2,1-2H3. The van der Waals surface area contributed by atoms with Gasteiger partial charge in [-0.3, -0.25) is 14.8 Å². The van der Waals surface area contributed by atoms with Gasteiger partial charge in [-0.2, -0.15) is 0 Å². The summed E-state index contributed by atoms with van der Waals surface area (Å²) >= 11 is 1.43. The molecule has 0 radical (unpaired) electrons. The number of aromatic nitrogens is 3. The maximum absolute atomic E-state index is 12.4. The monoisotopic (exact) mass is 302 g/mol. The normalized spacial score (nSPS) is 16.2. The number of thiazole rings is 1. The van der Waals surface area contributed by atoms with E-state index in [1.165, 1.54) is 11.3 Å². The van der Waals surface area contributed by atoms with E-state index in [9.17, 15) is 4.79 Å². The molecule has 2 aromatic rings. The van der Waals surface area contributed by atoms with E-state index < -0.39 is 0 Å². The molecule has 0 unspecified atom stereocenters. The van der Waals surface area contributed by atoms with Crippen LogP contribution in [-0.2, 0) is 0 Å². The van der Waals surface area contributed by atoms with Crippen LogP contribution in [0.3, 0.4) is 0 Å². The van der Waals surface area contributed by atoms with E-state index in [4.69, 9.17) is 0 Å². The number of rotatable bonds is 2. The number of aryl methyl sites for hydroxylation is 2. The highest BCUT2D eigenvalue weighted by Crippen LogP contribution is 2.28. The lowest BCUT2D eigenvalue weighted by molar-refractivity contribution is 0.0716. The van der Waals surface area contributed by atoms with Gasteiger partial charge in [0.25, 0.3) is 5.91 Å². The zero-order valence-corrected chi connectivity index (χ0v) is 13.1. The highest BCUT2D eigenvalue weighted by molar-refractivity contribution is 7.11. The molecule has 1 aliphatic rings. The van der Waals surface area contributed by atoms with Crippen LogP contribution in [0.4, 0.5) is 0 Å². The zero-order chi connectivity index (χ0) is 14.8. The summed E-state index contributed by atoms with van der Waals surface area (Å²) in [6, 6.07) is 0. The summed E-state index contributed by atoms with van der Waals surface area (Å²) in [6.45, 7) is 5.40. The molecule has 3 heterocycles. The number of piperidine rings is 1. The minimum atomic E-state index is 0.115. The van der Waals surface area contributed by atoms with Crippen LogP contribution >= 0.6 is 11.3 Å². The number of hydrogen-bond donors (Lipinski definition) is 0. The molecule has 6 heteroatoms. The van der Waals surface area contributed by atoms with Crippen molar-refractivity contribution in [3.63, 3.8) is 0 Å². The summed E-state index contributed by atoms with van der Waals surface area (Å²) in [7, 11) is 0. The highest BCUT2D eigenvalue weighted by Gasteiger charge is 2.27. The predicted molar refractivity (Wildman–Crippen MR) is 81.5 cm³/mol. The molecule has 110 valence electrons. The fraction of sp³-hybridized carbons (Fsp3) is 0.467. The van der Waals surface area contributed by atoms with Crippen molar-refractivity contribution in [2.24, 2.45) is 0 Å². The van der Waals surface area contributed by atoms with E-state index >= 15 is 0 Å². The summed E-state index contributed by atoms with van der Waals surface area (Å²) in [5, 5.41) is 0. The molecule has 0 N–H and O–H groups in total. The number of carbonyl (C=O) groups excluding carboxylic acids is 1. The fourth-order valence-electron chi connectivity index (χ4n) is 2.71. The number of likely N-dealkylation sites (tertiary alicyclic amines) is 1. The van der Waals surface area contributed by atoms with Crippen molar-refractivity contribution in [1.29, 1.82) is 0 Å². The first-order valence-electron chi connectivity index (χ1n) is 7.13. The third-order valence-corrected chi connectivity index (χ3v) is 4.83. The molecule has 0 aliphatic carbocycles. The van der Waals surface area contributed by atoms with E-state index in [2.05, 4.69) is 15.0 Å². The molecule has 0 saturated carbocycles. The number of hydrogen-bond acceptors (Lipinski definition) is 5. The molecule has 1 saturated heterocycles. The van der Waals surface area contributed by atoms with Gasteiger partial charge in [-0.25, -0.2) is 4.98 Å². The number of carbonyl (C=O) groups is 1. The average molecular weight is 302 g/mol. The molecule has 2 aromatic heterocycles. The Balaban J connectivity index is 1.65. The van der Waals surface area contributed by atoms with Crippen molar-refractivity contribution < 1.29 is 4.79 Å². The van der Waals surface area contributed by atoms with E-state index in [1.807, 2.05) is 24.9 Å². The van der Waals surface area contributed by atoms with Gasteiger partial charge >= 0.3 is 0 Å². The molecule has 0 spiro atoms. The molecular formula is C15H18N4OS. The second-order valence-corrected chi connectivity index (χ2v) is 6.27. The summed E-state index contributed by atoms with van der Waals surface area (Å²) in [4.78, 5) is 28.1. The second kappa shape index (κ2) is 5.89. The van der Waals surface area contributed by atoms with Gasteiger partial charge in [-0.1, -0.05) is 0 Å². The van der Waals surface area contributed by atoms with Gasteiger partial charge in [0.1, 0.15) is 4.88 Å². The van der Waals surface area contributed by atoms with Crippen molar-refractivity contribution in [2.45, 2.75) is 32.6 Å². The average Bonchev–Trinajstić information content (AvgIpc) is 2.93. The molecule has 0 bridgehead atoms. The SMILES string of the molecule is Cc1cncc(C2CCN(C(=O)c3scnc3C)CC2)n1. The van der Waals surface area contributed by atoms with Crippen LogP contribution in [0.5, 0.6) is 0 Å². The molecule has 0 aromatic carbocycles. The van der Waals surface area contributed by atoms with Crippen LogP contribution in [0.25, 0.3) is 0 Å². The minimum Gasteiger partial charge on any atom is -0.338 e. The van der Waals surface area contributed by atoms with E-state index in [0.717, 1.165) is 47.9 Å². The topological polar surface area (TPSA) is 59.0 Å². The summed E-state index contributed by atoms with van der Waals surface area (Å²) < 4.78 is 0. The van der Waals surface area contributed by atoms with Gasteiger partial charge in [0.15, 0.2) is 0 Å². The van der Waals surface area contributed by atoms with Gasteiger partial charge in [-0.15, -0.1) is 11.3 Å². The Morgan fingerprint density at radius 3 is 2.67 bits per heavy atom.